The number of nitrogens with two attached hydrogens (primary N) is 1. The third-order valence-electron chi connectivity index (χ3n) is 5.93. The zero-order valence-electron chi connectivity index (χ0n) is 23.2. The summed E-state index contributed by atoms with van der Waals surface area (Å²) in [5, 5.41) is 44.0. The molecule has 0 heterocycles. The van der Waals surface area contributed by atoms with E-state index >= 15 is 0 Å². The highest BCUT2D eigenvalue weighted by Gasteiger charge is 2.32. The molecule has 0 saturated heterocycles. The quantitative estimate of drug-likeness (QED) is 0.0848. The molecular weight excluding hydrogens is 624 g/mol. The molecule has 0 spiro atoms. The Bertz CT molecular complexity index is 1510. The highest BCUT2D eigenvalue weighted by molar-refractivity contribution is 7.81. The molecule has 18 nitrogen and oxygen atoms in total. The van der Waals surface area contributed by atoms with Crippen LogP contribution in [-0.2, 0) is 52.0 Å². The number of amides is 3. The molecule has 0 aliphatic heterocycles. The molecule has 3 amide bonds. The Labute approximate surface area is 255 Å². The number of carbonyl (C=O) groups is 6. The van der Waals surface area contributed by atoms with Crippen molar-refractivity contribution in [3.8, 4) is 11.5 Å². The first kappa shape index (κ1) is 35.9. The van der Waals surface area contributed by atoms with E-state index in [2.05, 4.69) is 20.1 Å². The second-order valence-electron chi connectivity index (χ2n) is 9.55. The molecule has 0 aliphatic rings. The molecule has 2 rings (SSSR count). The average molecular weight is 655 g/mol. The van der Waals surface area contributed by atoms with Gasteiger partial charge in [0.05, 0.1) is 18.9 Å². The van der Waals surface area contributed by atoms with Crippen LogP contribution >= 0.6 is 0 Å². The molecule has 0 radical (unpaired) electrons. The first-order chi connectivity index (χ1) is 20.9. The number of rotatable bonds is 17. The van der Waals surface area contributed by atoms with E-state index in [9.17, 15) is 52.5 Å². The monoisotopic (exact) mass is 654 g/mol. The Kier molecular flexibility index (Phi) is 12.8. The first-order valence-corrected chi connectivity index (χ1v) is 14.2. The molecule has 2 aromatic carbocycles. The maximum Gasteiger partial charge on any atom is 0.446 e. The van der Waals surface area contributed by atoms with Crippen molar-refractivity contribution in [2.75, 3.05) is 0 Å². The van der Waals surface area contributed by atoms with Crippen molar-refractivity contribution < 1.29 is 66.3 Å². The Morgan fingerprint density at radius 1 is 0.689 bits per heavy atom. The van der Waals surface area contributed by atoms with Crippen molar-refractivity contribution >= 4 is 46.0 Å². The minimum atomic E-state index is -4.81. The molecule has 0 aromatic heterocycles. The standard InChI is InChI=1S/C26H30N4O14S/c27-17(11-21(32)33)23(36)28-18(9-13-1-5-15(31)6-2-13)24(37)29-19(12-22(34)35)25(38)30-20(26(39)40)10-14-3-7-16(8-4-14)44-45(41,42)43/h1-8,17-20,31H,9-12,27H2,(H,28,36)(H,29,37)(H,30,38)(H,32,33)(H,34,35)(H,39,40)(H,41,42,43)/t17-,18-,19-,20-/m0/s1. The molecular formula is C26H30N4O14S. The first-order valence-electron chi connectivity index (χ1n) is 12.8. The molecule has 2 aromatic rings. The van der Waals surface area contributed by atoms with Crippen molar-refractivity contribution in [3.05, 3.63) is 59.7 Å². The summed E-state index contributed by atoms with van der Waals surface area (Å²) in [5.74, 6) is -8.27. The van der Waals surface area contributed by atoms with E-state index in [-0.39, 0.29) is 29.9 Å². The lowest BCUT2D eigenvalue weighted by Gasteiger charge is -2.24. The van der Waals surface area contributed by atoms with Gasteiger partial charge in [0.1, 0.15) is 29.6 Å². The Balaban J connectivity index is 2.24. The molecule has 0 aliphatic carbocycles. The van der Waals surface area contributed by atoms with Crippen LogP contribution in [0.3, 0.4) is 0 Å². The molecule has 0 saturated carbocycles. The minimum Gasteiger partial charge on any atom is -0.508 e. The number of benzene rings is 2. The van der Waals surface area contributed by atoms with Crippen molar-refractivity contribution in [1.29, 1.82) is 0 Å². The SMILES string of the molecule is N[C@@H](CC(=O)O)C(=O)N[C@@H](Cc1ccc(O)cc1)C(=O)N[C@@H](CC(=O)O)C(=O)N[C@@H](Cc1ccc(OS(=O)(=O)O)cc1)C(=O)O. The van der Waals surface area contributed by atoms with E-state index in [0.29, 0.717) is 5.56 Å². The predicted octanol–water partition coefficient (Wildman–Crippen LogP) is -1.83. The van der Waals surface area contributed by atoms with E-state index in [1.54, 1.807) is 0 Å². The third-order valence-corrected chi connectivity index (χ3v) is 6.33. The van der Waals surface area contributed by atoms with Crippen LogP contribution < -0.4 is 25.9 Å². The minimum absolute atomic E-state index is 0.110. The van der Waals surface area contributed by atoms with Gasteiger partial charge in [-0.2, -0.15) is 8.42 Å². The largest absolute Gasteiger partial charge is 0.508 e. The van der Waals surface area contributed by atoms with E-state index in [0.717, 1.165) is 12.1 Å². The number of aromatic hydroxyl groups is 1. The van der Waals surface area contributed by atoms with Crippen molar-refractivity contribution in [3.63, 3.8) is 0 Å². The molecule has 45 heavy (non-hydrogen) atoms. The Hall–Kier alpha value is -5.27. The molecule has 10 N–H and O–H groups in total. The molecule has 0 fully saturated rings. The van der Waals surface area contributed by atoms with E-state index in [1.807, 2.05) is 0 Å². The van der Waals surface area contributed by atoms with Crippen molar-refractivity contribution in [1.82, 2.24) is 16.0 Å². The van der Waals surface area contributed by atoms with Gasteiger partial charge in [-0.3, -0.25) is 28.5 Å². The Morgan fingerprint density at radius 3 is 1.62 bits per heavy atom. The highest BCUT2D eigenvalue weighted by atomic mass is 32.3. The van der Waals surface area contributed by atoms with Gasteiger partial charge in [-0.25, -0.2) is 4.79 Å². The van der Waals surface area contributed by atoms with E-state index in [4.69, 9.17) is 15.4 Å². The summed E-state index contributed by atoms with van der Waals surface area (Å²) in [6.07, 6.45) is -2.45. The second-order valence-corrected chi connectivity index (χ2v) is 10.6. The number of phenolic OH excluding ortho intramolecular Hbond substituents is 1. The van der Waals surface area contributed by atoms with Gasteiger partial charge in [-0.05, 0) is 35.4 Å². The summed E-state index contributed by atoms with van der Waals surface area (Å²) in [7, 11) is -4.81. The van der Waals surface area contributed by atoms with Gasteiger partial charge in [0.2, 0.25) is 17.7 Å². The van der Waals surface area contributed by atoms with E-state index < -0.39 is 83.0 Å². The normalized spacial score (nSPS) is 13.7. The van der Waals surface area contributed by atoms with Gasteiger partial charge < -0.3 is 46.3 Å². The Morgan fingerprint density at radius 2 is 1.13 bits per heavy atom. The van der Waals surface area contributed by atoms with Gasteiger partial charge in [-0.15, -0.1) is 0 Å². The smallest absolute Gasteiger partial charge is 0.446 e. The maximum atomic E-state index is 13.2. The topological polar surface area (TPSA) is 309 Å². The van der Waals surface area contributed by atoms with Crippen LogP contribution in [-0.4, -0.2) is 93.2 Å². The van der Waals surface area contributed by atoms with Crippen LogP contribution in [0.25, 0.3) is 0 Å². The van der Waals surface area contributed by atoms with Crippen molar-refractivity contribution in [2.45, 2.75) is 49.9 Å². The fourth-order valence-electron chi connectivity index (χ4n) is 3.80. The lowest BCUT2D eigenvalue weighted by Crippen LogP contribution is -2.58. The molecule has 0 bridgehead atoms. The van der Waals surface area contributed by atoms with Gasteiger partial charge in [0, 0.05) is 12.8 Å². The van der Waals surface area contributed by atoms with Gasteiger partial charge in [-0.1, -0.05) is 24.3 Å². The number of carbonyl (C=O) groups excluding carboxylic acids is 3. The fraction of sp³-hybridized carbons (Fsp3) is 0.308. The van der Waals surface area contributed by atoms with Gasteiger partial charge >= 0.3 is 28.3 Å². The van der Waals surface area contributed by atoms with Gasteiger partial charge in [0.25, 0.3) is 0 Å². The average Bonchev–Trinajstić information content (AvgIpc) is 2.92. The van der Waals surface area contributed by atoms with E-state index in [1.165, 1.54) is 36.4 Å². The van der Waals surface area contributed by atoms with Crippen LogP contribution in [0, 0.1) is 0 Å². The van der Waals surface area contributed by atoms with Crippen LogP contribution in [0.2, 0.25) is 0 Å². The van der Waals surface area contributed by atoms with Crippen LogP contribution in [0.15, 0.2) is 48.5 Å². The number of aliphatic carboxylic acids is 3. The van der Waals surface area contributed by atoms with Crippen molar-refractivity contribution in [2.24, 2.45) is 5.73 Å². The summed E-state index contributed by atoms with van der Waals surface area (Å²) in [4.78, 5) is 73.1. The summed E-state index contributed by atoms with van der Waals surface area (Å²) >= 11 is 0. The van der Waals surface area contributed by atoms with Gasteiger partial charge in [0.15, 0.2) is 0 Å². The molecule has 0 unspecified atom stereocenters. The van der Waals surface area contributed by atoms with Crippen LogP contribution in [0.1, 0.15) is 24.0 Å². The highest BCUT2D eigenvalue weighted by Crippen LogP contribution is 2.16. The predicted molar refractivity (Wildman–Crippen MR) is 150 cm³/mol. The number of hydrogen-bond donors (Lipinski definition) is 9. The molecule has 19 heteroatoms. The maximum absolute atomic E-state index is 13.2. The number of carboxylic acid groups (broad SMARTS) is 3. The summed E-state index contributed by atoms with van der Waals surface area (Å²) in [6.45, 7) is 0. The zero-order chi connectivity index (χ0) is 33.9. The summed E-state index contributed by atoms with van der Waals surface area (Å²) in [5.41, 5.74) is 6.21. The summed E-state index contributed by atoms with van der Waals surface area (Å²) < 4.78 is 34.7. The fourth-order valence-corrected chi connectivity index (χ4v) is 4.16. The van der Waals surface area contributed by atoms with Crippen LogP contribution in [0.4, 0.5) is 0 Å². The summed E-state index contributed by atoms with van der Waals surface area (Å²) in [6, 6.07) is 3.44. The number of carboxylic acids is 3. The molecule has 244 valence electrons. The second kappa shape index (κ2) is 16.0. The third kappa shape index (κ3) is 12.9. The zero-order valence-corrected chi connectivity index (χ0v) is 24.0. The lowest BCUT2D eigenvalue weighted by atomic mass is 10.0. The lowest BCUT2D eigenvalue weighted by molar-refractivity contribution is -0.143. The number of nitrogens with one attached hydrogen (secondary N) is 3. The number of hydrogen-bond acceptors (Lipinski definition) is 11. The molecule has 4 atom stereocenters. The van der Waals surface area contributed by atoms with Crippen LogP contribution in [0.5, 0.6) is 11.5 Å². The number of phenols is 1.